The molecule has 100 valence electrons. The molecule has 4 heteroatoms. The summed E-state index contributed by atoms with van der Waals surface area (Å²) in [7, 11) is 0. The summed E-state index contributed by atoms with van der Waals surface area (Å²) in [6, 6.07) is 9.15. The first-order valence-electron chi connectivity index (χ1n) is 6.39. The Bertz CT molecular complexity index is 645. The Kier molecular flexibility index (Phi) is 4.00. The number of nitrogens with zero attached hydrogens (tertiary/aromatic N) is 1. The molecular weight excluding hydrogens is 242 g/mol. The molecule has 0 aliphatic heterocycles. The van der Waals surface area contributed by atoms with Crippen molar-refractivity contribution >= 4 is 16.7 Å². The number of hydrogen-bond donors (Lipinski definition) is 0. The molecule has 0 N–H and O–H groups in total. The molecule has 0 aliphatic carbocycles. The first-order chi connectivity index (χ1) is 9.11. The highest BCUT2D eigenvalue weighted by Gasteiger charge is 2.10. The zero-order chi connectivity index (χ0) is 13.8. The van der Waals surface area contributed by atoms with Gasteiger partial charge in [0, 0.05) is 11.6 Å². The summed E-state index contributed by atoms with van der Waals surface area (Å²) in [6.45, 7) is 3.73. The van der Waals surface area contributed by atoms with Gasteiger partial charge in [0.25, 0.3) is 5.56 Å². The number of ether oxygens (including phenoxy) is 1. The molecule has 0 aliphatic rings. The lowest BCUT2D eigenvalue weighted by Crippen LogP contribution is -2.26. The fourth-order valence-electron chi connectivity index (χ4n) is 1.84. The second-order valence-electron chi connectivity index (χ2n) is 4.54. The molecule has 0 spiro atoms. The van der Waals surface area contributed by atoms with Crippen molar-refractivity contribution in [1.82, 2.24) is 4.57 Å². The summed E-state index contributed by atoms with van der Waals surface area (Å²) in [5.74, 6) is -0.383. The SMILES string of the molecule is CCC(C)OC(=O)Cn1ccc2ccccc2c1=O. The predicted octanol–water partition coefficient (Wildman–Crippen LogP) is 2.34. The lowest BCUT2D eigenvalue weighted by atomic mass is 10.2. The highest BCUT2D eigenvalue weighted by atomic mass is 16.5. The van der Waals surface area contributed by atoms with Gasteiger partial charge in [0.05, 0.1) is 6.10 Å². The lowest BCUT2D eigenvalue weighted by Gasteiger charge is -2.12. The summed E-state index contributed by atoms with van der Waals surface area (Å²) >= 11 is 0. The van der Waals surface area contributed by atoms with Gasteiger partial charge in [0.15, 0.2) is 0 Å². The van der Waals surface area contributed by atoms with E-state index in [1.165, 1.54) is 4.57 Å². The van der Waals surface area contributed by atoms with Gasteiger partial charge in [-0.3, -0.25) is 9.59 Å². The smallest absolute Gasteiger partial charge is 0.326 e. The molecule has 0 amide bonds. The van der Waals surface area contributed by atoms with Gasteiger partial charge >= 0.3 is 5.97 Å². The number of pyridine rings is 1. The van der Waals surface area contributed by atoms with Crippen LogP contribution in [0.3, 0.4) is 0 Å². The third-order valence-corrected chi connectivity index (χ3v) is 3.09. The van der Waals surface area contributed by atoms with Gasteiger partial charge in [-0.2, -0.15) is 0 Å². The van der Waals surface area contributed by atoms with Gasteiger partial charge in [0.2, 0.25) is 0 Å². The van der Waals surface area contributed by atoms with Gasteiger partial charge in [0.1, 0.15) is 6.54 Å². The van der Waals surface area contributed by atoms with Crippen molar-refractivity contribution in [3.8, 4) is 0 Å². The Morgan fingerprint density at radius 1 is 1.32 bits per heavy atom. The van der Waals surface area contributed by atoms with Crippen molar-refractivity contribution in [3.63, 3.8) is 0 Å². The minimum Gasteiger partial charge on any atom is -0.461 e. The fraction of sp³-hybridized carbons (Fsp3) is 0.333. The van der Waals surface area contributed by atoms with Crippen LogP contribution in [-0.2, 0) is 16.1 Å². The van der Waals surface area contributed by atoms with E-state index in [1.54, 1.807) is 12.3 Å². The summed E-state index contributed by atoms with van der Waals surface area (Å²) in [4.78, 5) is 23.9. The molecule has 0 saturated carbocycles. The van der Waals surface area contributed by atoms with Crippen LogP contribution in [0.1, 0.15) is 20.3 Å². The van der Waals surface area contributed by atoms with Crippen LogP contribution >= 0.6 is 0 Å². The summed E-state index contributed by atoms with van der Waals surface area (Å²) < 4.78 is 6.55. The van der Waals surface area contributed by atoms with Crippen LogP contribution in [0.4, 0.5) is 0 Å². The maximum atomic E-state index is 12.2. The fourth-order valence-corrected chi connectivity index (χ4v) is 1.84. The van der Waals surface area contributed by atoms with Crippen LogP contribution in [0, 0.1) is 0 Å². The van der Waals surface area contributed by atoms with E-state index in [4.69, 9.17) is 4.74 Å². The molecule has 0 saturated heterocycles. The Morgan fingerprint density at radius 2 is 2.05 bits per heavy atom. The van der Waals surface area contributed by atoms with Crippen LogP contribution in [0.5, 0.6) is 0 Å². The number of aromatic nitrogens is 1. The lowest BCUT2D eigenvalue weighted by molar-refractivity contribution is -0.149. The molecule has 1 heterocycles. The molecule has 0 radical (unpaired) electrons. The average molecular weight is 259 g/mol. The van der Waals surface area contributed by atoms with E-state index in [0.717, 1.165) is 11.8 Å². The van der Waals surface area contributed by atoms with Crippen molar-refractivity contribution in [2.24, 2.45) is 0 Å². The molecule has 4 nitrogen and oxygen atoms in total. The normalized spacial score (nSPS) is 12.3. The highest BCUT2D eigenvalue weighted by molar-refractivity contribution is 5.81. The van der Waals surface area contributed by atoms with Gasteiger partial charge in [-0.05, 0) is 30.9 Å². The Balaban J connectivity index is 2.24. The van der Waals surface area contributed by atoms with Crippen LogP contribution in [0.25, 0.3) is 10.8 Å². The van der Waals surface area contributed by atoms with Crippen LogP contribution in [-0.4, -0.2) is 16.6 Å². The number of carbonyl (C=O) groups is 1. The number of hydrogen-bond acceptors (Lipinski definition) is 3. The molecule has 1 atom stereocenters. The minimum atomic E-state index is -0.383. The van der Waals surface area contributed by atoms with Crippen molar-refractivity contribution in [2.75, 3.05) is 0 Å². The van der Waals surface area contributed by atoms with Crippen molar-refractivity contribution in [2.45, 2.75) is 32.9 Å². The number of esters is 1. The van der Waals surface area contributed by atoms with Crippen LogP contribution < -0.4 is 5.56 Å². The van der Waals surface area contributed by atoms with Crippen LogP contribution in [0.2, 0.25) is 0 Å². The Hall–Kier alpha value is -2.10. The van der Waals surface area contributed by atoms with E-state index in [9.17, 15) is 9.59 Å². The molecular formula is C15H17NO3. The van der Waals surface area contributed by atoms with Gasteiger partial charge in [-0.25, -0.2) is 0 Å². The van der Waals surface area contributed by atoms with Gasteiger partial charge in [-0.15, -0.1) is 0 Å². The summed E-state index contributed by atoms with van der Waals surface area (Å²) in [5, 5.41) is 1.49. The van der Waals surface area contributed by atoms with Crippen molar-refractivity contribution < 1.29 is 9.53 Å². The van der Waals surface area contributed by atoms with E-state index in [0.29, 0.717) is 5.39 Å². The Labute approximate surface area is 111 Å². The molecule has 2 aromatic rings. The highest BCUT2D eigenvalue weighted by Crippen LogP contribution is 2.08. The first kappa shape index (κ1) is 13.3. The summed E-state index contributed by atoms with van der Waals surface area (Å²) in [6.07, 6.45) is 2.27. The third-order valence-electron chi connectivity index (χ3n) is 3.09. The maximum Gasteiger partial charge on any atom is 0.326 e. The van der Waals surface area contributed by atoms with E-state index in [2.05, 4.69) is 0 Å². The standard InChI is InChI=1S/C15H17NO3/c1-3-11(2)19-14(17)10-16-9-8-12-6-4-5-7-13(12)15(16)18/h4-9,11H,3,10H2,1-2H3. The average Bonchev–Trinajstić information content (AvgIpc) is 2.42. The van der Waals surface area contributed by atoms with E-state index < -0.39 is 0 Å². The molecule has 1 aromatic heterocycles. The van der Waals surface area contributed by atoms with Crippen molar-refractivity contribution in [3.05, 3.63) is 46.9 Å². The predicted molar refractivity (Wildman–Crippen MR) is 74.1 cm³/mol. The van der Waals surface area contributed by atoms with E-state index >= 15 is 0 Å². The maximum absolute atomic E-state index is 12.2. The van der Waals surface area contributed by atoms with E-state index in [1.807, 2.05) is 38.1 Å². The molecule has 1 unspecified atom stereocenters. The van der Waals surface area contributed by atoms with Crippen LogP contribution in [0.15, 0.2) is 41.3 Å². The largest absolute Gasteiger partial charge is 0.461 e. The molecule has 2 rings (SSSR count). The zero-order valence-electron chi connectivity index (χ0n) is 11.1. The van der Waals surface area contributed by atoms with Gasteiger partial charge < -0.3 is 9.30 Å². The molecule has 19 heavy (non-hydrogen) atoms. The number of rotatable bonds is 4. The zero-order valence-corrected chi connectivity index (χ0v) is 11.1. The second-order valence-corrected chi connectivity index (χ2v) is 4.54. The second kappa shape index (κ2) is 5.69. The molecule has 0 fully saturated rings. The molecule has 1 aromatic carbocycles. The van der Waals surface area contributed by atoms with E-state index in [-0.39, 0.29) is 24.2 Å². The Morgan fingerprint density at radius 3 is 2.79 bits per heavy atom. The topological polar surface area (TPSA) is 48.3 Å². The van der Waals surface area contributed by atoms with Crippen molar-refractivity contribution in [1.29, 1.82) is 0 Å². The monoisotopic (exact) mass is 259 g/mol. The summed E-state index contributed by atoms with van der Waals surface area (Å²) in [5.41, 5.74) is -0.167. The number of carbonyl (C=O) groups excluding carboxylic acids is 1. The number of fused-ring (bicyclic) bond motifs is 1. The molecule has 0 bridgehead atoms. The number of benzene rings is 1. The first-order valence-corrected chi connectivity index (χ1v) is 6.39. The minimum absolute atomic E-state index is 0.0476. The third kappa shape index (κ3) is 3.02. The van der Waals surface area contributed by atoms with Gasteiger partial charge in [-0.1, -0.05) is 25.1 Å². The quantitative estimate of drug-likeness (QED) is 0.792.